The van der Waals surface area contributed by atoms with E-state index in [0.717, 1.165) is 35.8 Å². The van der Waals surface area contributed by atoms with Crippen LogP contribution in [0.4, 0.5) is 10.6 Å². The smallest absolute Gasteiger partial charge is 0.410 e. The second kappa shape index (κ2) is 10.4. The summed E-state index contributed by atoms with van der Waals surface area (Å²) in [6.45, 7) is 8.95. The van der Waals surface area contributed by atoms with Crippen molar-refractivity contribution in [1.82, 2.24) is 34.1 Å². The molecule has 2 N–H and O–H groups in total. The molecule has 0 spiro atoms. The maximum Gasteiger partial charge on any atom is 0.410 e. The van der Waals surface area contributed by atoms with Crippen molar-refractivity contribution in [1.29, 1.82) is 0 Å². The zero-order valence-corrected chi connectivity index (χ0v) is 24.4. The number of hydrogen-bond donors (Lipinski definition) is 1. The van der Waals surface area contributed by atoms with Crippen LogP contribution in [0.25, 0.3) is 28.0 Å². The lowest BCUT2D eigenvalue weighted by Gasteiger charge is -2.51. The lowest BCUT2D eigenvalue weighted by molar-refractivity contribution is -0.0419. The van der Waals surface area contributed by atoms with Crippen molar-refractivity contribution < 1.29 is 14.3 Å². The zero-order valence-electron chi connectivity index (χ0n) is 24.4. The molecule has 0 atom stereocenters. The van der Waals surface area contributed by atoms with Gasteiger partial charge in [-0.3, -0.25) is 4.90 Å². The van der Waals surface area contributed by atoms with Crippen molar-refractivity contribution in [3.8, 4) is 28.4 Å². The van der Waals surface area contributed by atoms with Gasteiger partial charge in [0, 0.05) is 50.2 Å². The average molecular weight is 579 g/mol. The van der Waals surface area contributed by atoms with Gasteiger partial charge in [0.05, 0.1) is 17.1 Å². The Morgan fingerprint density at radius 3 is 2.35 bits per heavy atom. The van der Waals surface area contributed by atoms with Crippen LogP contribution in [0.1, 0.15) is 26.8 Å². The van der Waals surface area contributed by atoms with Crippen LogP contribution in [0.15, 0.2) is 79.4 Å². The van der Waals surface area contributed by atoms with Gasteiger partial charge in [0.2, 0.25) is 0 Å². The van der Waals surface area contributed by atoms with Crippen molar-refractivity contribution in [2.45, 2.75) is 38.5 Å². The predicted molar refractivity (Wildman–Crippen MR) is 163 cm³/mol. The fraction of sp³-hybridized carbons (Fsp3) is 0.312. The predicted octanol–water partition coefficient (Wildman–Crippen LogP) is 5.13. The SMILES string of the molecule is CC(C)(C)OC(=O)N1CC(N2CC(n3ccc(-n4nc(-c5ccc(Oc6ccccc6)cc5)c5c(N)ncnc54)c3)C2)C1. The number of aromatic nitrogens is 5. The molecule has 11 nitrogen and oxygen atoms in total. The second-order valence-corrected chi connectivity index (χ2v) is 12.1. The summed E-state index contributed by atoms with van der Waals surface area (Å²) in [7, 11) is 0. The van der Waals surface area contributed by atoms with Gasteiger partial charge < -0.3 is 24.7 Å². The van der Waals surface area contributed by atoms with Crippen LogP contribution in [0, 0.1) is 0 Å². The highest BCUT2D eigenvalue weighted by Crippen LogP contribution is 2.34. The van der Waals surface area contributed by atoms with Crippen LogP contribution in [0.3, 0.4) is 0 Å². The Kier molecular flexibility index (Phi) is 6.54. The van der Waals surface area contributed by atoms with Gasteiger partial charge in [0.25, 0.3) is 0 Å². The molecule has 0 saturated carbocycles. The number of rotatable bonds is 6. The number of likely N-dealkylation sites (tertiary alicyclic amines) is 2. The van der Waals surface area contributed by atoms with Crippen molar-refractivity contribution >= 4 is 22.9 Å². The van der Waals surface area contributed by atoms with Crippen LogP contribution in [0.2, 0.25) is 0 Å². The van der Waals surface area contributed by atoms with Gasteiger partial charge in [0.15, 0.2) is 5.65 Å². The molecule has 220 valence electrons. The Balaban J connectivity index is 1.05. The molecule has 43 heavy (non-hydrogen) atoms. The van der Waals surface area contributed by atoms with E-state index in [-0.39, 0.29) is 6.09 Å². The van der Waals surface area contributed by atoms with Gasteiger partial charge in [-0.05, 0) is 63.2 Å². The van der Waals surface area contributed by atoms with Crippen LogP contribution in [-0.2, 0) is 4.74 Å². The number of nitrogens with two attached hydrogens (primary N) is 1. The molecule has 2 aliphatic rings. The molecule has 2 aromatic carbocycles. The van der Waals surface area contributed by atoms with E-state index >= 15 is 0 Å². The van der Waals surface area contributed by atoms with Gasteiger partial charge in [0.1, 0.15) is 34.9 Å². The minimum absolute atomic E-state index is 0.234. The zero-order chi connectivity index (χ0) is 29.7. The number of para-hydroxylation sites is 1. The van der Waals surface area contributed by atoms with E-state index in [1.165, 1.54) is 6.33 Å². The van der Waals surface area contributed by atoms with Crippen LogP contribution in [-0.4, -0.2) is 78.0 Å². The third-order valence-electron chi connectivity index (χ3n) is 7.89. The lowest BCUT2D eigenvalue weighted by atomic mass is 10.00. The van der Waals surface area contributed by atoms with Gasteiger partial charge >= 0.3 is 6.09 Å². The third kappa shape index (κ3) is 5.27. The molecular weight excluding hydrogens is 544 g/mol. The van der Waals surface area contributed by atoms with Gasteiger partial charge in [-0.2, -0.15) is 5.10 Å². The molecule has 2 aliphatic heterocycles. The van der Waals surface area contributed by atoms with Crippen LogP contribution in [0.5, 0.6) is 11.5 Å². The quantitative estimate of drug-likeness (QED) is 0.295. The Labute approximate surface area is 249 Å². The summed E-state index contributed by atoms with van der Waals surface area (Å²) < 4.78 is 15.5. The standard InChI is InChI=1S/C32H34N8O3/c1-32(2,3)43-31(41)39-18-24(19-39)38-16-23(17-38)37-14-13-22(15-37)40-30-27(29(33)34-20-35-30)28(36-40)21-9-11-26(12-10-21)42-25-7-5-4-6-8-25/h4-15,20,23-24H,16-19H2,1-3H3,(H2,33,34,35). The molecule has 5 heterocycles. The number of amides is 1. The third-order valence-corrected chi connectivity index (χ3v) is 7.89. The van der Waals surface area contributed by atoms with Gasteiger partial charge in [-0.25, -0.2) is 19.4 Å². The van der Waals surface area contributed by atoms with Gasteiger partial charge in [-0.15, -0.1) is 0 Å². The molecule has 2 saturated heterocycles. The van der Waals surface area contributed by atoms with Crippen molar-refractivity contribution in [2.75, 3.05) is 31.9 Å². The number of fused-ring (bicyclic) bond motifs is 1. The number of nitrogen functional groups attached to an aromatic ring is 1. The minimum Gasteiger partial charge on any atom is -0.457 e. The first kappa shape index (κ1) is 27.0. The summed E-state index contributed by atoms with van der Waals surface area (Å²) in [5.74, 6) is 1.89. The van der Waals surface area contributed by atoms with Crippen molar-refractivity contribution in [3.05, 3.63) is 79.4 Å². The summed E-state index contributed by atoms with van der Waals surface area (Å²) >= 11 is 0. The number of ether oxygens (including phenoxy) is 2. The fourth-order valence-corrected chi connectivity index (χ4v) is 5.55. The van der Waals surface area contributed by atoms with E-state index in [0.29, 0.717) is 47.7 Å². The number of anilines is 1. The molecule has 5 aromatic rings. The highest BCUT2D eigenvalue weighted by atomic mass is 16.6. The number of nitrogens with zero attached hydrogens (tertiary/aromatic N) is 7. The van der Waals surface area contributed by atoms with Crippen LogP contribution >= 0.6 is 0 Å². The molecule has 0 radical (unpaired) electrons. The van der Waals surface area contributed by atoms with E-state index in [9.17, 15) is 4.79 Å². The minimum atomic E-state index is -0.476. The first-order valence-corrected chi connectivity index (χ1v) is 14.4. The number of carbonyl (C=O) groups is 1. The molecule has 2 fully saturated rings. The van der Waals surface area contributed by atoms with E-state index in [4.69, 9.17) is 20.3 Å². The average Bonchev–Trinajstić information content (AvgIpc) is 3.55. The molecular formula is C32H34N8O3. The lowest BCUT2D eigenvalue weighted by Crippen LogP contribution is -2.66. The van der Waals surface area contributed by atoms with Crippen molar-refractivity contribution in [3.63, 3.8) is 0 Å². The molecule has 7 rings (SSSR count). The summed E-state index contributed by atoms with van der Waals surface area (Å²) in [4.78, 5) is 25.3. The maximum absolute atomic E-state index is 12.3. The first-order valence-electron chi connectivity index (χ1n) is 14.4. The summed E-state index contributed by atoms with van der Waals surface area (Å²) in [5, 5.41) is 5.67. The molecule has 1 amide bonds. The Morgan fingerprint density at radius 2 is 1.63 bits per heavy atom. The number of hydrogen-bond acceptors (Lipinski definition) is 8. The summed E-state index contributed by atoms with van der Waals surface area (Å²) in [6.07, 6.45) is 5.42. The molecule has 0 bridgehead atoms. The summed E-state index contributed by atoms with van der Waals surface area (Å²) in [6, 6.07) is 20.2. The van der Waals surface area contributed by atoms with E-state index in [2.05, 4.69) is 31.8 Å². The van der Waals surface area contributed by atoms with Gasteiger partial charge in [-0.1, -0.05) is 18.2 Å². The molecule has 0 unspecified atom stereocenters. The number of benzene rings is 2. The Morgan fingerprint density at radius 1 is 0.907 bits per heavy atom. The number of carbonyl (C=O) groups excluding carboxylic acids is 1. The Bertz CT molecular complexity index is 1760. The van der Waals surface area contributed by atoms with Crippen LogP contribution < -0.4 is 10.5 Å². The summed E-state index contributed by atoms with van der Waals surface area (Å²) in [5.41, 5.74) is 9.02. The molecule has 3 aromatic heterocycles. The molecule has 11 heteroatoms. The highest BCUT2D eigenvalue weighted by molar-refractivity contribution is 5.98. The second-order valence-electron chi connectivity index (χ2n) is 12.1. The Hall–Kier alpha value is -4.90. The van der Waals surface area contributed by atoms with Crippen molar-refractivity contribution in [2.24, 2.45) is 0 Å². The topological polar surface area (TPSA) is 117 Å². The largest absolute Gasteiger partial charge is 0.457 e. The van der Waals surface area contributed by atoms with E-state index < -0.39 is 5.60 Å². The van der Waals surface area contributed by atoms with E-state index in [1.807, 2.05) is 86.1 Å². The first-order chi connectivity index (χ1) is 20.7. The highest BCUT2D eigenvalue weighted by Gasteiger charge is 2.42. The maximum atomic E-state index is 12.3. The normalized spacial score (nSPS) is 16.2. The monoisotopic (exact) mass is 578 g/mol. The molecule has 0 aliphatic carbocycles. The van der Waals surface area contributed by atoms with E-state index in [1.54, 1.807) is 4.90 Å². The fourth-order valence-electron chi connectivity index (χ4n) is 5.55.